The Morgan fingerprint density at radius 1 is 1.64 bits per heavy atom. The van der Waals surface area contributed by atoms with E-state index in [9.17, 15) is 0 Å². The Labute approximate surface area is 67.3 Å². The molecular weight excluding hydrogens is 142 g/mol. The zero-order valence-electron chi connectivity index (χ0n) is 6.95. The second-order valence-corrected chi connectivity index (χ2v) is 3.33. The second-order valence-electron chi connectivity index (χ2n) is 3.33. The Morgan fingerprint density at radius 2 is 2.55 bits per heavy atom. The second kappa shape index (κ2) is 3.09. The van der Waals surface area contributed by atoms with E-state index in [2.05, 4.69) is 4.90 Å². The van der Waals surface area contributed by atoms with Gasteiger partial charge in [0.1, 0.15) is 0 Å². The molecule has 0 aromatic rings. The van der Waals surface area contributed by atoms with Crippen LogP contribution >= 0.6 is 0 Å². The van der Waals surface area contributed by atoms with Crippen molar-refractivity contribution in [3.63, 3.8) is 0 Å². The number of rotatable bonds is 3. The van der Waals surface area contributed by atoms with Crippen LogP contribution in [0.15, 0.2) is 0 Å². The van der Waals surface area contributed by atoms with Crippen LogP contribution in [0.25, 0.3) is 0 Å². The Balaban J connectivity index is 1.78. The monoisotopic (exact) mass is 157 g/mol. The molecule has 0 N–H and O–H groups in total. The fraction of sp³-hybridized carbons (Fsp3) is 1.00. The molecule has 64 valence electrons. The number of hydrogen-bond donors (Lipinski definition) is 0. The van der Waals surface area contributed by atoms with Gasteiger partial charge in [-0.2, -0.15) is 0 Å². The maximum atomic E-state index is 5.48. The van der Waals surface area contributed by atoms with Gasteiger partial charge >= 0.3 is 0 Å². The van der Waals surface area contributed by atoms with E-state index in [1.54, 1.807) is 7.11 Å². The quantitative estimate of drug-likeness (QED) is 0.580. The van der Waals surface area contributed by atoms with Crippen molar-refractivity contribution in [2.24, 2.45) is 0 Å². The molecule has 0 aromatic heterocycles. The number of hydrogen-bond acceptors (Lipinski definition) is 3. The first-order valence-electron chi connectivity index (χ1n) is 4.24. The van der Waals surface area contributed by atoms with E-state index in [-0.39, 0.29) is 0 Å². The normalized spacial score (nSPS) is 36.8. The summed E-state index contributed by atoms with van der Waals surface area (Å²) in [7, 11) is 1.75. The molecule has 11 heavy (non-hydrogen) atoms. The van der Waals surface area contributed by atoms with Crippen LogP contribution in [0.4, 0.5) is 0 Å². The standard InChI is InChI=1S/C8H15NO2/c1-10-3-2-9-5-8-4-7(9)6-11-8/h7-8H,2-6H2,1H3/t7-,8-/m0/s1. The number of methoxy groups -OCH3 is 1. The average molecular weight is 157 g/mol. The molecule has 2 saturated heterocycles. The van der Waals surface area contributed by atoms with Crippen molar-refractivity contribution >= 4 is 0 Å². The highest BCUT2D eigenvalue weighted by Crippen LogP contribution is 2.26. The van der Waals surface area contributed by atoms with Gasteiger partial charge in [0.2, 0.25) is 0 Å². The Kier molecular flexibility index (Phi) is 2.11. The summed E-state index contributed by atoms with van der Waals surface area (Å²) in [5, 5.41) is 0. The van der Waals surface area contributed by atoms with Crippen LogP contribution < -0.4 is 0 Å². The van der Waals surface area contributed by atoms with Gasteiger partial charge in [0.25, 0.3) is 0 Å². The zero-order valence-corrected chi connectivity index (χ0v) is 6.95. The van der Waals surface area contributed by atoms with Gasteiger partial charge in [-0.25, -0.2) is 0 Å². The Morgan fingerprint density at radius 3 is 3.09 bits per heavy atom. The molecule has 3 heteroatoms. The third-order valence-electron chi connectivity index (χ3n) is 2.60. The van der Waals surface area contributed by atoms with Crippen molar-refractivity contribution in [1.82, 2.24) is 4.90 Å². The summed E-state index contributed by atoms with van der Waals surface area (Å²) in [6.45, 7) is 3.98. The van der Waals surface area contributed by atoms with Crippen LogP contribution in [0, 0.1) is 0 Å². The lowest BCUT2D eigenvalue weighted by atomic mass is 10.2. The molecule has 0 radical (unpaired) electrons. The molecule has 0 spiro atoms. The summed E-state index contributed by atoms with van der Waals surface area (Å²) < 4.78 is 10.5. The van der Waals surface area contributed by atoms with Gasteiger partial charge in [0.05, 0.1) is 19.3 Å². The van der Waals surface area contributed by atoms with Gasteiger partial charge < -0.3 is 9.47 Å². The molecule has 0 unspecified atom stereocenters. The molecule has 2 aliphatic heterocycles. The number of nitrogens with zero attached hydrogens (tertiary/aromatic N) is 1. The highest BCUT2D eigenvalue weighted by molar-refractivity contribution is 4.91. The SMILES string of the molecule is COCCN1C[C@@H]2C[C@H]1CO2. The maximum absolute atomic E-state index is 5.48. The lowest BCUT2D eigenvalue weighted by Crippen LogP contribution is -2.38. The summed E-state index contributed by atoms with van der Waals surface area (Å²) >= 11 is 0. The third-order valence-corrected chi connectivity index (χ3v) is 2.60. The van der Waals surface area contributed by atoms with Crippen molar-refractivity contribution in [1.29, 1.82) is 0 Å². The first kappa shape index (κ1) is 7.53. The molecule has 2 heterocycles. The van der Waals surface area contributed by atoms with E-state index in [1.165, 1.54) is 6.42 Å². The summed E-state index contributed by atoms with van der Waals surface area (Å²) in [6, 6.07) is 0.690. The molecule has 0 aromatic carbocycles. The average Bonchev–Trinajstić information content (AvgIpc) is 2.60. The van der Waals surface area contributed by atoms with Crippen molar-refractivity contribution in [3.05, 3.63) is 0 Å². The van der Waals surface area contributed by atoms with Crippen LogP contribution in [0.1, 0.15) is 6.42 Å². The van der Waals surface area contributed by atoms with Crippen LogP contribution in [0.2, 0.25) is 0 Å². The van der Waals surface area contributed by atoms with Gasteiger partial charge in [-0.05, 0) is 6.42 Å². The number of morpholine rings is 1. The zero-order chi connectivity index (χ0) is 7.68. The molecule has 0 amide bonds. The predicted molar refractivity (Wildman–Crippen MR) is 41.6 cm³/mol. The van der Waals surface area contributed by atoms with Gasteiger partial charge in [-0.3, -0.25) is 4.90 Å². The largest absolute Gasteiger partial charge is 0.383 e. The minimum Gasteiger partial charge on any atom is -0.383 e. The van der Waals surface area contributed by atoms with Gasteiger partial charge in [-0.15, -0.1) is 0 Å². The molecule has 2 aliphatic rings. The van der Waals surface area contributed by atoms with E-state index in [1.807, 2.05) is 0 Å². The molecule has 2 fully saturated rings. The number of fused-ring (bicyclic) bond motifs is 2. The minimum absolute atomic E-state index is 0.525. The highest BCUT2D eigenvalue weighted by atomic mass is 16.5. The van der Waals surface area contributed by atoms with E-state index >= 15 is 0 Å². The fourth-order valence-corrected chi connectivity index (χ4v) is 1.96. The molecule has 2 rings (SSSR count). The molecule has 0 saturated carbocycles. The minimum atomic E-state index is 0.525. The van der Waals surface area contributed by atoms with Crippen molar-refractivity contribution < 1.29 is 9.47 Å². The number of ether oxygens (including phenoxy) is 2. The maximum Gasteiger partial charge on any atom is 0.0718 e. The number of likely N-dealkylation sites (tertiary alicyclic amines) is 1. The van der Waals surface area contributed by atoms with E-state index in [4.69, 9.17) is 9.47 Å². The first-order chi connectivity index (χ1) is 5.40. The van der Waals surface area contributed by atoms with E-state index in [0.717, 1.165) is 26.3 Å². The smallest absolute Gasteiger partial charge is 0.0718 e. The summed E-state index contributed by atoms with van der Waals surface area (Å²) in [4.78, 5) is 2.47. The van der Waals surface area contributed by atoms with Crippen LogP contribution in [0.3, 0.4) is 0 Å². The molecule has 3 nitrogen and oxygen atoms in total. The van der Waals surface area contributed by atoms with Gasteiger partial charge in [-0.1, -0.05) is 0 Å². The van der Waals surface area contributed by atoms with Crippen molar-refractivity contribution in [2.45, 2.75) is 18.6 Å². The Bertz CT molecular complexity index is 140. The fourth-order valence-electron chi connectivity index (χ4n) is 1.96. The van der Waals surface area contributed by atoms with Crippen LogP contribution in [-0.2, 0) is 9.47 Å². The predicted octanol–water partition coefficient (Wildman–Crippen LogP) is 0.106. The van der Waals surface area contributed by atoms with Gasteiger partial charge in [0, 0.05) is 26.2 Å². The molecule has 2 atom stereocenters. The molecule has 2 bridgehead atoms. The van der Waals surface area contributed by atoms with Crippen molar-refractivity contribution in [2.75, 3.05) is 33.4 Å². The highest BCUT2D eigenvalue weighted by Gasteiger charge is 2.38. The van der Waals surface area contributed by atoms with Crippen LogP contribution in [-0.4, -0.2) is 50.5 Å². The molecule has 0 aliphatic carbocycles. The van der Waals surface area contributed by atoms with E-state index < -0.39 is 0 Å². The lowest BCUT2D eigenvalue weighted by Gasteiger charge is -2.25. The van der Waals surface area contributed by atoms with Gasteiger partial charge in [0.15, 0.2) is 0 Å². The summed E-state index contributed by atoms with van der Waals surface area (Å²) in [5.74, 6) is 0. The Hall–Kier alpha value is -0.120. The first-order valence-corrected chi connectivity index (χ1v) is 4.24. The lowest BCUT2D eigenvalue weighted by molar-refractivity contribution is 0.0206. The van der Waals surface area contributed by atoms with Crippen LogP contribution in [0.5, 0.6) is 0 Å². The van der Waals surface area contributed by atoms with E-state index in [0.29, 0.717) is 12.1 Å². The summed E-state index contributed by atoms with van der Waals surface area (Å²) in [5.41, 5.74) is 0. The third kappa shape index (κ3) is 1.41. The topological polar surface area (TPSA) is 21.7 Å². The van der Waals surface area contributed by atoms with Crippen molar-refractivity contribution in [3.8, 4) is 0 Å². The summed E-state index contributed by atoms with van der Waals surface area (Å²) in [6.07, 6.45) is 1.76. The molecular formula is C8H15NO2.